The topological polar surface area (TPSA) is 36.9 Å². The van der Waals surface area contributed by atoms with Gasteiger partial charge in [0, 0.05) is 25.7 Å². The first-order valence-corrected chi connectivity index (χ1v) is 23.9. The van der Waals surface area contributed by atoms with E-state index in [0.29, 0.717) is 32.3 Å². The molecule has 3 aliphatic rings. The van der Waals surface area contributed by atoms with Gasteiger partial charge < -0.3 is 18.3 Å². The first kappa shape index (κ1) is 44.6. The molecular formula is C58H67O4P. The van der Waals surface area contributed by atoms with Gasteiger partial charge in [-0.1, -0.05) is 198 Å². The van der Waals surface area contributed by atoms with Crippen LogP contribution in [0.1, 0.15) is 161 Å². The van der Waals surface area contributed by atoms with Crippen molar-refractivity contribution < 1.29 is 18.3 Å². The van der Waals surface area contributed by atoms with E-state index >= 15 is 0 Å². The van der Waals surface area contributed by atoms with Crippen molar-refractivity contribution >= 4 is 8.60 Å². The minimum absolute atomic E-state index is 0.0407. The maximum Gasteiger partial charge on any atom is 0.530 e. The Bertz CT molecular complexity index is 2510. The zero-order valence-electron chi connectivity index (χ0n) is 40.0. The molecular weight excluding hydrogens is 792 g/mol. The second-order valence-electron chi connectivity index (χ2n) is 22.1. The van der Waals surface area contributed by atoms with E-state index in [9.17, 15) is 0 Å². The fraction of sp³-hybridized carbons (Fsp3) is 0.379. The van der Waals surface area contributed by atoms with Gasteiger partial charge in [-0.3, -0.25) is 0 Å². The third-order valence-electron chi connectivity index (χ3n) is 12.6. The van der Waals surface area contributed by atoms with Crippen LogP contribution in [-0.4, -0.2) is 0 Å². The third kappa shape index (κ3) is 9.88. The molecule has 3 heterocycles. The molecule has 0 N–H and O–H groups in total. The molecule has 328 valence electrons. The van der Waals surface area contributed by atoms with Crippen LogP contribution in [0.2, 0.25) is 0 Å². The van der Waals surface area contributed by atoms with E-state index in [2.05, 4.69) is 181 Å². The summed E-state index contributed by atoms with van der Waals surface area (Å²) >= 11 is 0. The van der Waals surface area contributed by atoms with Gasteiger partial charge in [0.15, 0.2) is 0 Å². The lowest BCUT2D eigenvalue weighted by atomic mass is 9.79. The highest BCUT2D eigenvalue weighted by atomic mass is 31.2. The summed E-state index contributed by atoms with van der Waals surface area (Å²) in [5.74, 6) is 3.59. The fourth-order valence-electron chi connectivity index (χ4n) is 8.70. The van der Waals surface area contributed by atoms with Gasteiger partial charge in [-0.2, -0.15) is 0 Å². The van der Waals surface area contributed by atoms with Crippen LogP contribution >= 0.6 is 8.60 Å². The van der Waals surface area contributed by atoms with Gasteiger partial charge in [-0.05, 0) is 101 Å². The Kier molecular flexibility index (Phi) is 11.9. The van der Waals surface area contributed by atoms with E-state index in [1.807, 2.05) is 18.2 Å². The molecule has 3 aliphatic heterocycles. The lowest BCUT2D eigenvalue weighted by Gasteiger charge is -2.34. The average molecular weight is 859 g/mol. The van der Waals surface area contributed by atoms with Gasteiger partial charge in [0.2, 0.25) is 0 Å². The number of aryl methyl sites for hydroxylation is 1. The van der Waals surface area contributed by atoms with E-state index in [0.717, 1.165) is 39.7 Å². The molecule has 0 saturated heterocycles. The molecule has 6 aromatic carbocycles. The van der Waals surface area contributed by atoms with Gasteiger partial charge in [0.1, 0.15) is 29.6 Å². The Morgan fingerprint density at radius 1 is 0.413 bits per heavy atom. The standard InChI is InChI=1S/C51H59O4P.C7H8/c1-48(2,3)40-22-32-18-34-24-41(49(4,5)6)26-36-20-38-28-43(51(10,11)12)29-39-21-37-27-42(50(7,8)9)25-35(46(37)54-56(53-45(34)36)55-47(38)39)19-33(23-40)44(32)52-30-31-16-14-13-15-17-31;1-7-5-3-2-4-6-7/h13-17,22-29H,18-21,30H2,1-12H3;2-6H,1H3. The van der Waals surface area contributed by atoms with Gasteiger partial charge in [-0.25, -0.2) is 0 Å². The molecule has 9 rings (SSSR count). The monoisotopic (exact) mass is 858 g/mol. The van der Waals surface area contributed by atoms with Crippen molar-refractivity contribution in [1.82, 2.24) is 0 Å². The minimum Gasteiger partial charge on any atom is -0.488 e. The maximum absolute atomic E-state index is 7.17. The molecule has 63 heavy (non-hydrogen) atoms. The third-order valence-corrected chi connectivity index (χ3v) is 13.6. The molecule has 0 unspecified atom stereocenters. The van der Waals surface area contributed by atoms with Crippen molar-refractivity contribution in [2.45, 2.75) is 144 Å². The van der Waals surface area contributed by atoms with Gasteiger partial charge in [-0.15, -0.1) is 0 Å². The molecule has 0 fully saturated rings. The summed E-state index contributed by atoms with van der Waals surface area (Å²) in [5.41, 5.74) is 16.7. The van der Waals surface area contributed by atoms with E-state index in [1.54, 1.807) is 0 Å². The SMILES string of the molecule is CC(C)(C)c1cc2c(OCc3ccccc3)c(c1)Cc1cc(C(C)(C)C)cc3c1OP1Oc4c(cc(C(C)(C)C)cc4Cc4cc(C(C)(C)C)cc(c4O1)C3)C2.Cc1ccccc1. The van der Waals surface area contributed by atoms with Gasteiger partial charge in [0.05, 0.1) is 0 Å². The summed E-state index contributed by atoms with van der Waals surface area (Å²) in [5, 5.41) is 0. The van der Waals surface area contributed by atoms with Crippen molar-refractivity contribution in [3.8, 4) is 23.0 Å². The Morgan fingerprint density at radius 2 is 0.698 bits per heavy atom. The molecule has 5 heteroatoms. The number of hydrogen-bond donors (Lipinski definition) is 0. The molecule has 0 spiro atoms. The van der Waals surface area contributed by atoms with E-state index < -0.39 is 8.60 Å². The van der Waals surface area contributed by atoms with Gasteiger partial charge >= 0.3 is 8.60 Å². The number of ether oxygens (including phenoxy) is 1. The number of hydrogen-bond acceptors (Lipinski definition) is 4. The second kappa shape index (κ2) is 16.8. The number of rotatable bonds is 3. The molecule has 0 atom stereocenters. The normalized spacial score (nSPS) is 14.6. The molecule has 0 radical (unpaired) electrons. The first-order chi connectivity index (χ1) is 29.6. The van der Waals surface area contributed by atoms with E-state index in [1.165, 1.54) is 61.2 Å². The Hall–Kier alpha value is -5.05. The van der Waals surface area contributed by atoms with E-state index in [-0.39, 0.29) is 21.7 Å². The van der Waals surface area contributed by atoms with E-state index in [4.69, 9.17) is 18.3 Å². The lowest BCUT2D eigenvalue weighted by molar-refractivity contribution is 0.300. The van der Waals surface area contributed by atoms with Crippen LogP contribution in [0.3, 0.4) is 0 Å². The maximum atomic E-state index is 7.17. The Labute approximate surface area is 379 Å². The molecule has 6 bridgehead atoms. The number of fused-ring (bicyclic) bond motifs is 2. The zero-order valence-corrected chi connectivity index (χ0v) is 40.9. The summed E-state index contributed by atoms with van der Waals surface area (Å²) in [7, 11) is -1.85. The van der Waals surface area contributed by atoms with Crippen molar-refractivity contribution in [1.29, 1.82) is 0 Å². The predicted octanol–water partition coefficient (Wildman–Crippen LogP) is 15.5. The largest absolute Gasteiger partial charge is 0.530 e. The Balaban J connectivity index is 0.000000710. The van der Waals surface area contributed by atoms with Crippen LogP contribution in [0.5, 0.6) is 23.0 Å². The first-order valence-electron chi connectivity index (χ1n) is 22.8. The Morgan fingerprint density at radius 3 is 0.984 bits per heavy atom. The van der Waals surface area contributed by atoms with Crippen LogP contribution in [0.15, 0.2) is 109 Å². The van der Waals surface area contributed by atoms with Crippen LogP contribution < -0.4 is 18.3 Å². The van der Waals surface area contributed by atoms with Crippen molar-refractivity contribution in [2.24, 2.45) is 0 Å². The van der Waals surface area contributed by atoms with Crippen LogP contribution in [0.25, 0.3) is 0 Å². The summed E-state index contributed by atoms with van der Waals surface area (Å²) in [6, 6.07) is 39.8. The van der Waals surface area contributed by atoms with Crippen LogP contribution in [0, 0.1) is 6.92 Å². The zero-order chi connectivity index (χ0) is 45.1. The van der Waals surface area contributed by atoms with Gasteiger partial charge in [0.25, 0.3) is 0 Å². The predicted molar refractivity (Wildman–Crippen MR) is 263 cm³/mol. The molecule has 0 amide bonds. The minimum atomic E-state index is -1.85. The van der Waals surface area contributed by atoms with Crippen LogP contribution in [0.4, 0.5) is 0 Å². The second-order valence-corrected chi connectivity index (χ2v) is 23.1. The highest BCUT2D eigenvalue weighted by molar-refractivity contribution is 7.43. The summed E-state index contributed by atoms with van der Waals surface area (Å²) < 4.78 is 28.4. The fourth-order valence-corrected chi connectivity index (χ4v) is 9.96. The molecule has 0 aromatic heterocycles. The van der Waals surface area contributed by atoms with Crippen LogP contribution in [-0.2, 0) is 54.0 Å². The summed E-state index contributed by atoms with van der Waals surface area (Å²) in [4.78, 5) is 0. The van der Waals surface area contributed by atoms with Crippen molar-refractivity contribution in [3.63, 3.8) is 0 Å². The highest BCUT2D eigenvalue weighted by Crippen LogP contribution is 2.55. The highest BCUT2D eigenvalue weighted by Gasteiger charge is 2.36. The molecule has 4 nitrogen and oxygen atoms in total. The smallest absolute Gasteiger partial charge is 0.488 e. The quantitative estimate of drug-likeness (QED) is 0.166. The molecule has 0 aliphatic carbocycles. The summed E-state index contributed by atoms with van der Waals surface area (Å²) in [6.07, 6.45) is 2.70. The number of benzene rings is 6. The molecule has 0 saturated carbocycles. The van der Waals surface area contributed by atoms with Crippen molar-refractivity contribution in [2.75, 3.05) is 0 Å². The average Bonchev–Trinajstić information content (AvgIpc) is 3.17. The molecule has 6 aromatic rings. The van der Waals surface area contributed by atoms with Crippen molar-refractivity contribution in [3.05, 3.63) is 187 Å². The summed E-state index contributed by atoms with van der Waals surface area (Å²) in [6.45, 7) is 30.2. The lowest BCUT2D eigenvalue weighted by Crippen LogP contribution is -2.20.